The van der Waals surface area contributed by atoms with Gasteiger partial charge in [0.15, 0.2) is 0 Å². The minimum absolute atomic E-state index is 0.294. The van der Waals surface area contributed by atoms with Gasteiger partial charge in [-0.2, -0.15) is 0 Å². The predicted octanol–water partition coefficient (Wildman–Crippen LogP) is 4.53. The SMILES string of the molecule is CCC(C)Oc1ccc(CNC2CCCC(C)C2)cc1. The molecule has 1 aromatic rings. The van der Waals surface area contributed by atoms with Crippen LogP contribution in [-0.2, 0) is 6.54 Å². The quantitative estimate of drug-likeness (QED) is 0.823. The standard InChI is InChI=1S/C18H29NO/c1-4-15(3)20-18-10-8-16(9-11-18)13-19-17-7-5-6-14(2)12-17/h8-11,14-15,17,19H,4-7,12-13H2,1-3H3. The molecular weight excluding hydrogens is 246 g/mol. The van der Waals surface area contributed by atoms with Gasteiger partial charge < -0.3 is 10.1 Å². The van der Waals surface area contributed by atoms with Gasteiger partial charge in [-0.25, -0.2) is 0 Å². The largest absolute Gasteiger partial charge is 0.491 e. The summed E-state index contributed by atoms with van der Waals surface area (Å²) < 4.78 is 5.81. The summed E-state index contributed by atoms with van der Waals surface area (Å²) in [5, 5.41) is 3.70. The smallest absolute Gasteiger partial charge is 0.119 e. The first kappa shape index (κ1) is 15.4. The van der Waals surface area contributed by atoms with Crippen LogP contribution in [0.5, 0.6) is 5.75 Å². The molecule has 2 rings (SSSR count). The maximum atomic E-state index is 5.81. The van der Waals surface area contributed by atoms with Crippen molar-refractivity contribution in [3.05, 3.63) is 29.8 Å². The number of hydrogen-bond donors (Lipinski definition) is 1. The fourth-order valence-corrected chi connectivity index (χ4v) is 2.88. The van der Waals surface area contributed by atoms with E-state index in [4.69, 9.17) is 4.74 Å². The van der Waals surface area contributed by atoms with Crippen molar-refractivity contribution in [2.75, 3.05) is 0 Å². The van der Waals surface area contributed by atoms with Crippen molar-refractivity contribution in [2.24, 2.45) is 5.92 Å². The Morgan fingerprint density at radius 2 is 2.00 bits per heavy atom. The van der Waals surface area contributed by atoms with Crippen molar-refractivity contribution in [3.63, 3.8) is 0 Å². The number of nitrogens with one attached hydrogen (secondary N) is 1. The van der Waals surface area contributed by atoms with Gasteiger partial charge in [-0.3, -0.25) is 0 Å². The van der Waals surface area contributed by atoms with Gasteiger partial charge in [0.05, 0.1) is 6.10 Å². The van der Waals surface area contributed by atoms with E-state index in [1.165, 1.54) is 31.2 Å². The van der Waals surface area contributed by atoms with Gasteiger partial charge in [-0.15, -0.1) is 0 Å². The van der Waals surface area contributed by atoms with Crippen LogP contribution in [0.3, 0.4) is 0 Å². The normalized spacial score (nSPS) is 24.4. The molecule has 3 unspecified atom stereocenters. The molecule has 1 aliphatic rings. The Bertz CT molecular complexity index is 387. The van der Waals surface area contributed by atoms with E-state index in [1.54, 1.807) is 0 Å². The molecule has 1 aliphatic carbocycles. The Morgan fingerprint density at radius 1 is 1.25 bits per heavy atom. The minimum Gasteiger partial charge on any atom is -0.491 e. The molecule has 1 N–H and O–H groups in total. The number of ether oxygens (including phenoxy) is 1. The molecule has 1 fully saturated rings. The van der Waals surface area contributed by atoms with Gasteiger partial charge in [-0.05, 0) is 49.8 Å². The summed E-state index contributed by atoms with van der Waals surface area (Å²) in [5.41, 5.74) is 1.35. The Morgan fingerprint density at radius 3 is 2.65 bits per heavy atom. The molecule has 0 radical (unpaired) electrons. The third-order valence-corrected chi connectivity index (χ3v) is 4.37. The summed E-state index contributed by atoms with van der Waals surface area (Å²) in [7, 11) is 0. The lowest BCUT2D eigenvalue weighted by molar-refractivity contribution is 0.217. The van der Waals surface area contributed by atoms with E-state index in [0.717, 1.165) is 24.6 Å². The molecule has 2 heteroatoms. The topological polar surface area (TPSA) is 21.3 Å². The summed E-state index contributed by atoms with van der Waals surface area (Å²) in [6.07, 6.45) is 6.78. The molecule has 1 aromatic carbocycles. The second-order valence-electron chi connectivity index (χ2n) is 6.33. The Kier molecular flexibility index (Phi) is 5.90. The van der Waals surface area contributed by atoms with E-state index >= 15 is 0 Å². The fourth-order valence-electron chi connectivity index (χ4n) is 2.88. The number of hydrogen-bond acceptors (Lipinski definition) is 2. The zero-order valence-corrected chi connectivity index (χ0v) is 13.2. The highest BCUT2D eigenvalue weighted by atomic mass is 16.5. The maximum Gasteiger partial charge on any atom is 0.119 e. The second kappa shape index (κ2) is 7.68. The van der Waals surface area contributed by atoms with Crippen LogP contribution in [0, 0.1) is 5.92 Å². The number of rotatable bonds is 6. The van der Waals surface area contributed by atoms with Crippen molar-refractivity contribution in [3.8, 4) is 5.75 Å². The molecule has 0 spiro atoms. The molecule has 2 nitrogen and oxygen atoms in total. The van der Waals surface area contributed by atoms with Crippen molar-refractivity contribution in [1.82, 2.24) is 5.32 Å². The molecule has 20 heavy (non-hydrogen) atoms. The lowest BCUT2D eigenvalue weighted by Crippen LogP contribution is -2.33. The highest BCUT2D eigenvalue weighted by molar-refractivity contribution is 5.27. The summed E-state index contributed by atoms with van der Waals surface area (Å²) in [4.78, 5) is 0. The molecule has 0 aromatic heterocycles. The zero-order valence-electron chi connectivity index (χ0n) is 13.2. The summed E-state index contributed by atoms with van der Waals surface area (Å²) >= 11 is 0. The lowest BCUT2D eigenvalue weighted by Gasteiger charge is -2.27. The van der Waals surface area contributed by atoms with Crippen LogP contribution in [0.1, 0.15) is 58.4 Å². The van der Waals surface area contributed by atoms with Crippen molar-refractivity contribution < 1.29 is 4.74 Å². The fraction of sp³-hybridized carbons (Fsp3) is 0.667. The first-order valence-electron chi connectivity index (χ1n) is 8.16. The van der Waals surface area contributed by atoms with Crippen LogP contribution in [-0.4, -0.2) is 12.1 Å². The minimum atomic E-state index is 0.294. The van der Waals surface area contributed by atoms with Gasteiger partial charge in [-0.1, -0.05) is 38.8 Å². The highest BCUT2D eigenvalue weighted by Gasteiger charge is 2.17. The van der Waals surface area contributed by atoms with Gasteiger partial charge >= 0.3 is 0 Å². The van der Waals surface area contributed by atoms with Gasteiger partial charge in [0.25, 0.3) is 0 Å². The average Bonchev–Trinajstić information content (AvgIpc) is 2.46. The van der Waals surface area contributed by atoms with Crippen LogP contribution in [0.15, 0.2) is 24.3 Å². The molecule has 112 valence electrons. The van der Waals surface area contributed by atoms with E-state index in [-0.39, 0.29) is 0 Å². The molecule has 1 saturated carbocycles. The van der Waals surface area contributed by atoms with Crippen LogP contribution in [0.25, 0.3) is 0 Å². The third kappa shape index (κ3) is 4.82. The van der Waals surface area contributed by atoms with Gasteiger partial charge in [0, 0.05) is 12.6 Å². The van der Waals surface area contributed by atoms with Crippen LogP contribution in [0.2, 0.25) is 0 Å². The Hall–Kier alpha value is -1.02. The molecule has 3 atom stereocenters. The van der Waals surface area contributed by atoms with E-state index < -0.39 is 0 Å². The van der Waals surface area contributed by atoms with Crippen molar-refractivity contribution in [2.45, 2.75) is 71.6 Å². The Labute approximate surface area is 123 Å². The van der Waals surface area contributed by atoms with E-state index in [1.807, 2.05) is 0 Å². The molecule has 0 bridgehead atoms. The molecule has 0 heterocycles. The monoisotopic (exact) mass is 275 g/mol. The first-order chi connectivity index (χ1) is 9.67. The maximum absolute atomic E-state index is 5.81. The van der Waals surface area contributed by atoms with E-state index in [2.05, 4.69) is 50.4 Å². The lowest BCUT2D eigenvalue weighted by atomic mass is 9.87. The van der Waals surface area contributed by atoms with Crippen LogP contribution < -0.4 is 10.1 Å². The van der Waals surface area contributed by atoms with Crippen molar-refractivity contribution in [1.29, 1.82) is 0 Å². The molecule has 0 aliphatic heterocycles. The van der Waals surface area contributed by atoms with E-state index in [9.17, 15) is 0 Å². The average molecular weight is 275 g/mol. The summed E-state index contributed by atoms with van der Waals surface area (Å²) in [5.74, 6) is 1.86. The predicted molar refractivity (Wildman–Crippen MR) is 85.1 cm³/mol. The molecular formula is C18H29NO. The van der Waals surface area contributed by atoms with Crippen LogP contribution >= 0.6 is 0 Å². The third-order valence-electron chi connectivity index (χ3n) is 4.37. The van der Waals surface area contributed by atoms with Crippen LogP contribution in [0.4, 0.5) is 0 Å². The van der Waals surface area contributed by atoms with E-state index in [0.29, 0.717) is 12.1 Å². The van der Waals surface area contributed by atoms with Gasteiger partial charge in [0.2, 0.25) is 0 Å². The Balaban J connectivity index is 1.78. The summed E-state index contributed by atoms with van der Waals surface area (Å²) in [6.45, 7) is 7.60. The highest BCUT2D eigenvalue weighted by Crippen LogP contribution is 2.24. The second-order valence-corrected chi connectivity index (χ2v) is 6.33. The first-order valence-corrected chi connectivity index (χ1v) is 8.16. The zero-order chi connectivity index (χ0) is 14.4. The molecule has 0 amide bonds. The summed E-state index contributed by atoms with van der Waals surface area (Å²) in [6, 6.07) is 9.24. The van der Waals surface area contributed by atoms with Crippen molar-refractivity contribution >= 4 is 0 Å². The van der Waals surface area contributed by atoms with Gasteiger partial charge in [0.1, 0.15) is 5.75 Å². The molecule has 0 saturated heterocycles. The number of benzene rings is 1.